The van der Waals surface area contributed by atoms with Crippen molar-refractivity contribution in [3.63, 3.8) is 0 Å². The molecule has 2 aromatic carbocycles. The minimum Gasteiger partial charge on any atom is -0.494 e. The number of hydrogen-bond acceptors (Lipinski definition) is 7. The molecule has 0 amide bonds. The number of aryl methyl sites for hydroxylation is 1. The molecule has 0 saturated heterocycles. The zero-order valence-electron chi connectivity index (χ0n) is 17.7. The van der Waals surface area contributed by atoms with Gasteiger partial charge in [0.1, 0.15) is 11.6 Å². The van der Waals surface area contributed by atoms with E-state index in [0.29, 0.717) is 28.6 Å². The molecule has 2 aromatic heterocycles. The molecule has 0 unspecified atom stereocenters. The third-order valence-corrected chi connectivity index (χ3v) is 6.40. The highest BCUT2D eigenvalue weighted by Crippen LogP contribution is 2.26. The van der Waals surface area contributed by atoms with Crippen LogP contribution in [0.1, 0.15) is 31.5 Å². The first-order chi connectivity index (χ1) is 15.8. The molecule has 164 valence electrons. The van der Waals surface area contributed by atoms with Crippen LogP contribution in [0.25, 0.3) is 22.4 Å². The lowest BCUT2D eigenvalue weighted by Gasteiger charge is -2.10. The fraction of sp³-hybridized carbons (Fsp3) is 0.333. The highest BCUT2D eigenvalue weighted by Gasteiger charge is 2.16. The number of aromatic nitrogens is 4. The predicted octanol–water partition coefficient (Wildman–Crippen LogP) is 4.73. The summed E-state index contributed by atoms with van der Waals surface area (Å²) in [6.45, 7) is 1.38. The molecule has 1 aliphatic heterocycles. The van der Waals surface area contributed by atoms with Gasteiger partial charge in [0.15, 0.2) is 0 Å². The summed E-state index contributed by atoms with van der Waals surface area (Å²) in [5.74, 6) is 3.00. The van der Waals surface area contributed by atoms with Crippen LogP contribution in [0.2, 0.25) is 0 Å². The minimum atomic E-state index is 0.0398. The van der Waals surface area contributed by atoms with Gasteiger partial charge in [0.2, 0.25) is 5.89 Å². The topological polar surface area (TPSA) is 83.0 Å². The lowest BCUT2D eigenvalue weighted by Crippen LogP contribution is -2.24. The molecule has 8 heteroatoms. The normalized spacial score (nSPS) is 13.6. The highest BCUT2D eigenvalue weighted by molar-refractivity contribution is 7.99. The van der Waals surface area contributed by atoms with Crippen LogP contribution in [0.5, 0.6) is 5.75 Å². The second-order valence-corrected chi connectivity index (χ2v) is 8.81. The van der Waals surface area contributed by atoms with E-state index in [-0.39, 0.29) is 5.56 Å². The molecule has 7 nitrogen and oxygen atoms in total. The number of benzene rings is 2. The van der Waals surface area contributed by atoms with Gasteiger partial charge in [-0.2, -0.15) is 0 Å². The van der Waals surface area contributed by atoms with E-state index in [1.54, 1.807) is 0 Å². The van der Waals surface area contributed by atoms with E-state index in [4.69, 9.17) is 14.1 Å². The van der Waals surface area contributed by atoms with Crippen molar-refractivity contribution in [1.82, 2.24) is 19.7 Å². The number of rotatable bonds is 7. The first-order valence-electron chi connectivity index (χ1n) is 11.0. The van der Waals surface area contributed by atoms with Crippen LogP contribution >= 0.6 is 11.8 Å². The fourth-order valence-corrected chi connectivity index (χ4v) is 4.53. The average molecular weight is 449 g/mol. The summed E-state index contributed by atoms with van der Waals surface area (Å²) in [5, 5.41) is 9.49. The molecule has 0 N–H and O–H groups in total. The molecular weight excluding hydrogens is 424 g/mol. The lowest BCUT2D eigenvalue weighted by molar-refractivity contribution is 0.318. The van der Waals surface area contributed by atoms with Gasteiger partial charge in [-0.1, -0.05) is 36.4 Å². The number of fused-ring (bicyclic) bond motifs is 2. The Kier molecular flexibility index (Phi) is 6.20. The molecule has 5 rings (SSSR count). The summed E-state index contributed by atoms with van der Waals surface area (Å²) >= 11 is 1.51. The monoisotopic (exact) mass is 448 g/mol. The van der Waals surface area contributed by atoms with E-state index in [9.17, 15) is 4.79 Å². The van der Waals surface area contributed by atoms with E-state index < -0.39 is 0 Å². The molecule has 0 atom stereocenters. The molecule has 0 saturated carbocycles. The number of para-hydroxylation sites is 1. The minimum absolute atomic E-state index is 0.0398. The van der Waals surface area contributed by atoms with Crippen molar-refractivity contribution in [2.24, 2.45) is 0 Å². The maximum absolute atomic E-state index is 12.9. The van der Waals surface area contributed by atoms with Gasteiger partial charge < -0.3 is 9.15 Å². The van der Waals surface area contributed by atoms with Crippen LogP contribution in [0.15, 0.2) is 63.0 Å². The van der Waals surface area contributed by atoms with Gasteiger partial charge in [0.25, 0.3) is 10.8 Å². The van der Waals surface area contributed by atoms with Crippen LogP contribution in [0, 0.1) is 0 Å². The maximum Gasteiger partial charge on any atom is 0.276 e. The highest BCUT2D eigenvalue weighted by atomic mass is 32.2. The summed E-state index contributed by atoms with van der Waals surface area (Å²) in [7, 11) is 0. The van der Waals surface area contributed by atoms with Crippen molar-refractivity contribution in [2.45, 2.75) is 43.9 Å². The largest absolute Gasteiger partial charge is 0.494 e. The molecule has 0 radical (unpaired) electrons. The Hall–Kier alpha value is -3.13. The molecule has 4 aromatic rings. The zero-order valence-corrected chi connectivity index (χ0v) is 18.5. The first-order valence-corrected chi connectivity index (χ1v) is 11.9. The van der Waals surface area contributed by atoms with Gasteiger partial charge in [0, 0.05) is 24.3 Å². The number of hydrogen-bond donors (Lipinski definition) is 0. The first kappa shape index (κ1) is 20.8. The van der Waals surface area contributed by atoms with Gasteiger partial charge in [-0.3, -0.25) is 9.36 Å². The van der Waals surface area contributed by atoms with Crippen molar-refractivity contribution < 1.29 is 9.15 Å². The SMILES string of the molecule is O=c1c2ccc(-c3nnc(SCCCOc4ccccc4)o3)cc2nc2n1CCCCC2. The van der Waals surface area contributed by atoms with Crippen LogP contribution in [-0.2, 0) is 13.0 Å². The standard InChI is InChI=1S/C24H24N4O3S/c29-23-19-12-11-17(16-20(19)25-21-10-5-2-6-13-28(21)23)22-26-27-24(31-22)32-15-7-14-30-18-8-3-1-4-9-18/h1,3-4,8-9,11-12,16H,2,5-7,10,13-15H2. The zero-order chi connectivity index (χ0) is 21.8. The molecular formula is C24H24N4O3S. The van der Waals surface area contributed by atoms with Crippen molar-refractivity contribution in [2.75, 3.05) is 12.4 Å². The Morgan fingerprint density at radius 1 is 1.06 bits per heavy atom. The summed E-state index contributed by atoms with van der Waals surface area (Å²) < 4.78 is 13.4. The van der Waals surface area contributed by atoms with E-state index in [0.717, 1.165) is 61.5 Å². The summed E-state index contributed by atoms with van der Waals surface area (Å²) in [6.07, 6.45) is 4.93. The molecule has 0 fully saturated rings. The summed E-state index contributed by atoms with van der Waals surface area (Å²) in [6, 6.07) is 15.3. The number of nitrogens with zero attached hydrogens (tertiary/aromatic N) is 4. The second-order valence-electron chi connectivity index (χ2n) is 7.76. The molecule has 0 spiro atoms. The van der Waals surface area contributed by atoms with Crippen molar-refractivity contribution in [1.29, 1.82) is 0 Å². The van der Waals surface area contributed by atoms with E-state index in [1.165, 1.54) is 11.8 Å². The Balaban J connectivity index is 1.25. The lowest BCUT2D eigenvalue weighted by atomic mass is 10.1. The quantitative estimate of drug-likeness (QED) is 0.298. The smallest absolute Gasteiger partial charge is 0.276 e. The Labute approximate surface area is 189 Å². The predicted molar refractivity (Wildman–Crippen MR) is 124 cm³/mol. The Morgan fingerprint density at radius 2 is 1.97 bits per heavy atom. The molecule has 0 aliphatic carbocycles. The third kappa shape index (κ3) is 4.55. The molecule has 3 heterocycles. The van der Waals surface area contributed by atoms with Crippen LogP contribution in [0.3, 0.4) is 0 Å². The van der Waals surface area contributed by atoms with Gasteiger partial charge in [-0.15, -0.1) is 10.2 Å². The second kappa shape index (κ2) is 9.56. The van der Waals surface area contributed by atoms with Crippen LogP contribution < -0.4 is 10.3 Å². The van der Waals surface area contributed by atoms with E-state index in [2.05, 4.69) is 10.2 Å². The summed E-state index contributed by atoms with van der Waals surface area (Å²) in [5.41, 5.74) is 1.50. The number of thioether (sulfide) groups is 1. The molecule has 0 bridgehead atoms. The van der Waals surface area contributed by atoms with Gasteiger partial charge in [-0.25, -0.2) is 4.98 Å². The van der Waals surface area contributed by atoms with Crippen molar-refractivity contribution in [3.05, 3.63) is 64.7 Å². The number of ether oxygens (including phenoxy) is 1. The van der Waals surface area contributed by atoms with Crippen LogP contribution in [-0.4, -0.2) is 32.1 Å². The van der Waals surface area contributed by atoms with E-state index in [1.807, 2.05) is 53.1 Å². The van der Waals surface area contributed by atoms with Gasteiger partial charge in [0.05, 0.1) is 17.5 Å². The maximum atomic E-state index is 12.9. The van der Waals surface area contributed by atoms with Crippen molar-refractivity contribution in [3.8, 4) is 17.2 Å². The molecule has 1 aliphatic rings. The van der Waals surface area contributed by atoms with Gasteiger partial charge in [-0.05, 0) is 49.6 Å². The van der Waals surface area contributed by atoms with Crippen LogP contribution in [0.4, 0.5) is 0 Å². The molecule has 32 heavy (non-hydrogen) atoms. The third-order valence-electron chi connectivity index (χ3n) is 5.50. The van der Waals surface area contributed by atoms with E-state index >= 15 is 0 Å². The fourth-order valence-electron chi connectivity index (χ4n) is 3.86. The average Bonchev–Trinajstić information content (AvgIpc) is 3.17. The Morgan fingerprint density at radius 3 is 2.88 bits per heavy atom. The van der Waals surface area contributed by atoms with Gasteiger partial charge >= 0.3 is 0 Å². The van der Waals surface area contributed by atoms with Crippen molar-refractivity contribution >= 4 is 22.7 Å². The Bertz CT molecular complexity index is 1270. The summed E-state index contributed by atoms with van der Waals surface area (Å²) in [4.78, 5) is 17.7.